The van der Waals surface area contributed by atoms with Gasteiger partial charge >= 0.3 is 6.18 Å². The molecule has 1 aromatic heterocycles. The summed E-state index contributed by atoms with van der Waals surface area (Å²) in [5.74, 6) is -3.01. The van der Waals surface area contributed by atoms with Crippen LogP contribution in [0, 0.1) is 0 Å². The molecule has 2 nitrogen and oxygen atoms in total. The molecule has 0 saturated carbocycles. The van der Waals surface area contributed by atoms with Crippen LogP contribution >= 0.6 is 11.3 Å². The van der Waals surface area contributed by atoms with E-state index in [9.17, 15) is 13.2 Å². The Hall–Kier alpha value is -2.73. The SMILES string of the molecule is O=C([O-])C(F)(F)F.c1ccc(-c2cc(-c3ccccc3)c3c([s+]2)CCCC3)cc1. The van der Waals surface area contributed by atoms with Crippen molar-refractivity contribution in [1.82, 2.24) is 0 Å². The Kier molecular flexibility index (Phi) is 6.64. The number of fused-ring (bicyclic) bond motifs is 1. The minimum atomic E-state index is -5.19. The Morgan fingerprint density at radius 3 is 1.93 bits per heavy atom. The van der Waals surface area contributed by atoms with Crippen LogP contribution in [0.15, 0.2) is 66.7 Å². The van der Waals surface area contributed by atoms with Gasteiger partial charge in [0.1, 0.15) is 5.97 Å². The second kappa shape index (κ2) is 9.18. The first kappa shape index (κ1) is 21.0. The predicted molar refractivity (Wildman–Crippen MR) is 107 cm³/mol. The van der Waals surface area contributed by atoms with Crippen LogP contribution in [0.25, 0.3) is 21.6 Å². The van der Waals surface area contributed by atoms with Crippen LogP contribution in [0.2, 0.25) is 0 Å². The Labute approximate surface area is 171 Å². The fraction of sp³-hybridized carbons (Fsp3) is 0.217. The molecule has 0 fully saturated rings. The molecule has 150 valence electrons. The molecule has 0 N–H and O–H groups in total. The smallest absolute Gasteiger partial charge is 0.430 e. The Morgan fingerprint density at radius 1 is 0.862 bits per heavy atom. The maximum atomic E-state index is 10.5. The lowest BCUT2D eigenvalue weighted by Crippen LogP contribution is -2.37. The number of carbonyl (C=O) groups excluding carboxylic acids is 1. The third kappa shape index (κ3) is 5.41. The molecule has 1 aliphatic carbocycles. The van der Waals surface area contributed by atoms with Gasteiger partial charge in [-0.25, -0.2) is 0 Å². The number of rotatable bonds is 2. The number of benzene rings is 2. The van der Waals surface area contributed by atoms with Crippen molar-refractivity contribution in [2.75, 3.05) is 0 Å². The van der Waals surface area contributed by atoms with Crippen LogP contribution in [-0.4, -0.2) is 12.1 Å². The van der Waals surface area contributed by atoms with Crippen molar-refractivity contribution in [2.24, 2.45) is 0 Å². The number of halogens is 3. The summed E-state index contributed by atoms with van der Waals surface area (Å²) in [6, 6.07) is 24.0. The highest BCUT2D eigenvalue weighted by Gasteiger charge is 2.29. The summed E-state index contributed by atoms with van der Waals surface area (Å²) in [6.45, 7) is 0. The fourth-order valence-corrected chi connectivity index (χ4v) is 4.55. The maximum Gasteiger partial charge on any atom is 0.430 e. The van der Waals surface area contributed by atoms with Gasteiger partial charge in [0.2, 0.25) is 21.1 Å². The first-order valence-corrected chi connectivity index (χ1v) is 10.1. The molecular weight excluding hydrogens is 397 g/mol. The number of hydrogen-bond acceptors (Lipinski definition) is 2. The van der Waals surface area contributed by atoms with E-state index in [1.54, 1.807) is 10.4 Å². The topological polar surface area (TPSA) is 40.1 Å². The summed E-state index contributed by atoms with van der Waals surface area (Å²) in [5, 5.41) is 8.78. The summed E-state index contributed by atoms with van der Waals surface area (Å²) < 4.78 is 31.5. The van der Waals surface area contributed by atoms with Crippen LogP contribution < -0.4 is 5.11 Å². The van der Waals surface area contributed by atoms with Gasteiger partial charge in [-0.05, 0) is 42.5 Å². The quantitative estimate of drug-likeness (QED) is 0.515. The van der Waals surface area contributed by atoms with Gasteiger partial charge in [0.15, 0.2) is 0 Å². The molecule has 0 aliphatic heterocycles. The molecule has 0 amide bonds. The van der Waals surface area contributed by atoms with Crippen molar-refractivity contribution in [1.29, 1.82) is 0 Å². The molecule has 1 aliphatic rings. The fourth-order valence-electron chi connectivity index (χ4n) is 3.28. The molecule has 2 aromatic carbocycles. The lowest BCUT2D eigenvalue weighted by Gasteiger charge is -2.14. The van der Waals surface area contributed by atoms with E-state index in [0.717, 1.165) is 0 Å². The molecule has 0 spiro atoms. The highest BCUT2D eigenvalue weighted by molar-refractivity contribution is 7.15. The summed E-state index contributed by atoms with van der Waals surface area (Å²) >= 11 is 1.99. The highest BCUT2D eigenvalue weighted by atomic mass is 32.1. The number of carboxylic acid groups (broad SMARTS) is 1. The van der Waals surface area contributed by atoms with Crippen molar-refractivity contribution in [2.45, 2.75) is 31.9 Å². The monoisotopic (exact) mass is 416 g/mol. The number of alkyl halides is 3. The first-order chi connectivity index (χ1) is 13.9. The molecular formula is C23H19F3O2S. The lowest BCUT2D eigenvalue weighted by molar-refractivity contribution is -0.344. The van der Waals surface area contributed by atoms with Gasteiger partial charge in [-0.3, -0.25) is 0 Å². The zero-order valence-corrected chi connectivity index (χ0v) is 16.4. The van der Waals surface area contributed by atoms with Crippen LogP contribution in [0.1, 0.15) is 23.3 Å². The third-order valence-corrected chi connectivity index (χ3v) is 5.90. The summed E-state index contributed by atoms with van der Waals surface area (Å²) in [6.07, 6.45) is -0.0775. The molecule has 4 rings (SSSR count). The first-order valence-electron chi connectivity index (χ1n) is 9.24. The van der Waals surface area contributed by atoms with Gasteiger partial charge in [0, 0.05) is 23.6 Å². The van der Waals surface area contributed by atoms with E-state index in [-0.39, 0.29) is 0 Å². The van der Waals surface area contributed by atoms with Crippen LogP contribution in [0.3, 0.4) is 0 Å². The summed E-state index contributed by atoms with van der Waals surface area (Å²) in [4.78, 5) is 11.8. The molecule has 29 heavy (non-hydrogen) atoms. The Balaban J connectivity index is 0.000000298. The van der Waals surface area contributed by atoms with Gasteiger partial charge < -0.3 is 9.90 Å². The van der Waals surface area contributed by atoms with Crippen molar-refractivity contribution in [3.63, 3.8) is 0 Å². The molecule has 0 bridgehead atoms. The zero-order chi connectivity index (χ0) is 20.9. The van der Waals surface area contributed by atoms with Crippen molar-refractivity contribution in [3.05, 3.63) is 77.2 Å². The third-order valence-electron chi connectivity index (χ3n) is 4.63. The number of hydrogen-bond donors (Lipinski definition) is 0. The van der Waals surface area contributed by atoms with E-state index >= 15 is 0 Å². The standard InChI is InChI=1S/C21H19S.C2HF3O2/c1-3-9-16(10-4-1)19-15-21(17-11-5-2-6-12-17)22-20-14-8-7-13-18(19)20;3-2(4,5)1(6)7/h1-6,9-12,15H,7-8,13-14H2;(H,6,7)/q+1;/p-1. The van der Waals surface area contributed by atoms with Gasteiger partial charge in [0.05, 0.1) is 0 Å². The number of carboxylic acids is 1. The van der Waals surface area contributed by atoms with Gasteiger partial charge in [0.25, 0.3) is 0 Å². The number of aryl methyl sites for hydroxylation is 1. The van der Waals surface area contributed by atoms with E-state index < -0.39 is 12.1 Å². The van der Waals surface area contributed by atoms with E-state index in [1.165, 1.54) is 47.3 Å². The normalized spacial score (nSPS) is 13.1. The largest absolute Gasteiger partial charge is 0.542 e. The second-order valence-electron chi connectivity index (χ2n) is 6.65. The van der Waals surface area contributed by atoms with E-state index in [4.69, 9.17) is 9.90 Å². The molecule has 0 radical (unpaired) electrons. The van der Waals surface area contributed by atoms with Crippen LogP contribution in [-0.2, 0) is 17.6 Å². The van der Waals surface area contributed by atoms with E-state index in [0.29, 0.717) is 0 Å². The number of carbonyl (C=O) groups is 1. The molecule has 0 atom stereocenters. The average Bonchev–Trinajstić information content (AvgIpc) is 2.74. The van der Waals surface area contributed by atoms with Crippen molar-refractivity contribution >= 4 is 17.3 Å². The van der Waals surface area contributed by atoms with Gasteiger partial charge in [-0.15, -0.1) is 0 Å². The average molecular weight is 416 g/mol. The highest BCUT2D eigenvalue weighted by Crippen LogP contribution is 2.39. The Morgan fingerprint density at radius 2 is 1.38 bits per heavy atom. The Bertz CT molecular complexity index is 971. The molecule has 0 unspecified atom stereocenters. The minimum absolute atomic E-state index is 1.23. The second-order valence-corrected chi connectivity index (χ2v) is 7.79. The van der Waals surface area contributed by atoms with Gasteiger partial charge in [-0.1, -0.05) is 48.5 Å². The zero-order valence-electron chi connectivity index (χ0n) is 15.5. The van der Waals surface area contributed by atoms with Crippen LogP contribution in [0.4, 0.5) is 13.2 Å². The lowest BCUT2D eigenvalue weighted by atomic mass is 9.91. The summed E-state index contributed by atoms with van der Waals surface area (Å²) in [7, 11) is 0. The van der Waals surface area contributed by atoms with Gasteiger partial charge in [-0.2, -0.15) is 13.2 Å². The molecule has 6 heteroatoms. The summed E-state index contributed by atoms with van der Waals surface area (Å²) in [5.41, 5.74) is 5.71. The maximum absolute atomic E-state index is 10.5. The minimum Gasteiger partial charge on any atom is -0.542 e. The van der Waals surface area contributed by atoms with Crippen LogP contribution in [0.5, 0.6) is 0 Å². The van der Waals surface area contributed by atoms with Crippen molar-refractivity contribution < 1.29 is 23.1 Å². The van der Waals surface area contributed by atoms with Crippen molar-refractivity contribution in [3.8, 4) is 21.6 Å². The predicted octanol–water partition coefficient (Wildman–Crippen LogP) is 5.54. The molecule has 3 aromatic rings. The molecule has 0 saturated heterocycles. The molecule has 1 heterocycles. The van der Waals surface area contributed by atoms with E-state index in [2.05, 4.69) is 66.7 Å². The van der Waals surface area contributed by atoms with E-state index in [1.807, 2.05) is 11.3 Å². The number of aliphatic carboxylic acids is 1.